The Morgan fingerprint density at radius 1 is 1.23 bits per heavy atom. The number of nitrogens with zero attached hydrogens (tertiary/aromatic N) is 4. The maximum atomic E-state index is 13.8. The number of hydrogen-bond acceptors (Lipinski definition) is 4. The van der Waals surface area contributed by atoms with E-state index in [1.54, 1.807) is 6.92 Å². The third-order valence-electron chi connectivity index (χ3n) is 3.65. The Balaban J connectivity index is 1.64. The molecular formula is C17H14BrF2N5O. The van der Waals surface area contributed by atoms with Crippen molar-refractivity contribution in [1.29, 1.82) is 0 Å². The molecule has 6 nitrogen and oxygen atoms in total. The van der Waals surface area contributed by atoms with Crippen LogP contribution < -0.4 is 5.32 Å². The highest BCUT2D eigenvalue weighted by Crippen LogP contribution is 2.18. The number of rotatable bonds is 5. The fraction of sp³-hybridized carbons (Fsp3) is 0.176. The normalized spacial score (nSPS) is 12.0. The highest BCUT2D eigenvalue weighted by atomic mass is 79.9. The molecule has 1 N–H and O–H groups in total. The van der Waals surface area contributed by atoms with E-state index in [9.17, 15) is 13.6 Å². The molecule has 1 unspecified atom stereocenters. The fourth-order valence-electron chi connectivity index (χ4n) is 2.37. The Labute approximate surface area is 156 Å². The van der Waals surface area contributed by atoms with E-state index in [4.69, 9.17) is 0 Å². The first-order chi connectivity index (χ1) is 12.4. The van der Waals surface area contributed by atoms with Gasteiger partial charge in [0.25, 0.3) is 0 Å². The standard InChI is InChI=1S/C17H14BrF2N5O/c1-10(14-7-6-13(19)8-15(14)20)21-16(26)9-25-23-17(22-24-25)11-2-4-12(18)5-3-11/h2-8,10H,9H2,1H3,(H,21,26). The molecule has 0 aliphatic carbocycles. The number of aromatic nitrogens is 4. The van der Waals surface area contributed by atoms with Gasteiger partial charge in [-0.05, 0) is 42.5 Å². The van der Waals surface area contributed by atoms with Crippen molar-refractivity contribution in [2.75, 3.05) is 0 Å². The molecule has 1 aromatic heterocycles. The molecule has 9 heteroatoms. The number of benzene rings is 2. The van der Waals surface area contributed by atoms with E-state index in [1.165, 1.54) is 6.07 Å². The zero-order valence-corrected chi connectivity index (χ0v) is 15.2. The van der Waals surface area contributed by atoms with Crippen LogP contribution in [-0.2, 0) is 11.3 Å². The summed E-state index contributed by atoms with van der Waals surface area (Å²) in [7, 11) is 0. The molecule has 0 spiro atoms. The van der Waals surface area contributed by atoms with E-state index in [1.807, 2.05) is 24.3 Å². The minimum Gasteiger partial charge on any atom is -0.348 e. The van der Waals surface area contributed by atoms with Crippen molar-refractivity contribution in [1.82, 2.24) is 25.5 Å². The second-order valence-corrected chi connectivity index (χ2v) is 6.52. The average Bonchev–Trinajstić information content (AvgIpc) is 3.03. The summed E-state index contributed by atoms with van der Waals surface area (Å²) in [4.78, 5) is 13.3. The molecule has 0 saturated heterocycles. The lowest BCUT2D eigenvalue weighted by Crippen LogP contribution is -2.31. The van der Waals surface area contributed by atoms with Crippen LogP contribution in [0.1, 0.15) is 18.5 Å². The lowest BCUT2D eigenvalue weighted by Gasteiger charge is -2.14. The zero-order chi connectivity index (χ0) is 18.7. The maximum absolute atomic E-state index is 13.8. The smallest absolute Gasteiger partial charge is 0.244 e. The van der Waals surface area contributed by atoms with Gasteiger partial charge >= 0.3 is 0 Å². The molecule has 1 amide bonds. The van der Waals surface area contributed by atoms with Gasteiger partial charge in [0.2, 0.25) is 11.7 Å². The van der Waals surface area contributed by atoms with E-state index in [0.717, 1.165) is 27.0 Å². The number of amides is 1. The first-order valence-corrected chi connectivity index (χ1v) is 8.50. The van der Waals surface area contributed by atoms with Crippen LogP contribution in [0.25, 0.3) is 11.4 Å². The van der Waals surface area contributed by atoms with Gasteiger partial charge in [0.15, 0.2) is 0 Å². The van der Waals surface area contributed by atoms with Gasteiger partial charge < -0.3 is 5.32 Å². The summed E-state index contributed by atoms with van der Waals surface area (Å²) in [5.74, 6) is -1.41. The second kappa shape index (κ2) is 7.69. The van der Waals surface area contributed by atoms with E-state index >= 15 is 0 Å². The van der Waals surface area contributed by atoms with Crippen LogP contribution in [0.15, 0.2) is 46.9 Å². The summed E-state index contributed by atoms with van der Waals surface area (Å²) < 4.78 is 27.7. The Kier molecular flexibility index (Phi) is 5.36. The fourth-order valence-corrected chi connectivity index (χ4v) is 2.64. The number of tetrazole rings is 1. The van der Waals surface area contributed by atoms with Gasteiger partial charge in [-0.1, -0.05) is 22.0 Å². The third kappa shape index (κ3) is 4.29. The average molecular weight is 422 g/mol. The largest absolute Gasteiger partial charge is 0.348 e. The Bertz CT molecular complexity index is 929. The van der Waals surface area contributed by atoms with Crippen LogP contribution in [0.3, 0.4) is 0 Å². The van der Waals surface area contributed by atoms with Crippen molar-refractivity contribution < 1.29 is 13.6 Å². The second-order valence-electron chi connectivity index (χ2n) is 5.61. The van der Waals surface area contributed by atoms with Crippen LogP contribution in [0.2, 0.25) is 0 Å². The van der Waals surface area contributed by atoms with Gasteiger partial charge in [0, 0.05) is 21.7 Å². The summed E-state index contributed by atoms with van der Waals surface area (Å²) in [5, 5.41) is 14.5. The first kappa shape index (κ1) is 18.1. The molecule has 0 radical (unpaired) electrons. The van der Waals surface area contributed by atoms with Crippen LogP contribution >= 0.6 is 15.9 Å². The lowest BCUT2D eigenvalue weighted by molar-refractivity contribution is -0.122. The first-order valence-electron chi connectivity index (χ1n) is 7.70. The Morgan fingerprint density at radius 3 is 2.65 bits per heavy atom. The van der Waals surface area contributed by atoms with Crippen LogP contribution in [-0.4, -0.2) is 26.1 Å². The number of nitrogens with one attached hydrogen (secondary N) is 1. The van der Waals surface area contributed by atoms with Crippen molar-refractivity contribution in [3.05, 3.63) is 64.1 Å². The SMILES string of the molecule is CC(NC(=O)Cn1nnc(-c2ccc(Br)cc2)n1)c1ccc(F)cc1F. The minimum absolute atomic E-state index is 0.170. The van der Waals surface area contributed by atoms with Gasteiger partial charge in [-0.25, -0.2) is 8.78 Å². The summed E-state index contributed by atoms with van der Waals surface area (Å²) in [6, 6.07) is 9.94. The Morgan fingerprint density at radius 2 is 1.96 bits per heavy atom. The Hall–Kier alpha value is -2.68. The van der Waals surface area contributed by atoms with Crippen molar-refractivity contribution in [2.24, 2.45) is 0 Å². The topological polar surface area (TPSA) is 72.7 Å². The quantitative estimate of drug-likeness (QED) is 0.685. The monoisotopic (exact) mass is 421 g/mol. The zero-order valence-electron chi connectivity index (χ0n) is 13.7. The summed E-state index contributed by atoms with van der Waals surface area (Å²) in [5.41, 5.74) is 0.962. The number of carbonyl (C=O) groups excluding carboxylic acids is 1. The molecule has 0 aliphatic rings. The van der Waals surface area contributed by atoms with Gasteiger partial charge in [-0.3, -0.25) is 4.79 Å². The van der Waals surface area contributed by atoms with Gasteiger partial charge in [0.1, 0.15) is 18.2 Å². The van der Waals surface area contributed by atoms with Crippen molar-refractivity contribution in [3.63, 3.8) is 0 Å². The maximum Gasteiger partial charge on any atom is 0.244 e. The third-order valence-corrected chi connectivity index (χ3v) is 4.18. The van der Waals surface area contributed by atoms with E-state index in [2.05, 4.69) is 36.7 Å². The van der Waals surface area contributed by atoms with Crippen LogP contribution in [0.5, 0.6) is 0 Å². The molecule has 0 bridgehead atoms. The molecule has 0 fully saturated rings. The number of halogens is 3. The van der Waals surface area contributed by atoms with Gasteiger partial charge in [0.05, 0.1) is 6.04 Å². The molecule has 1 heterocycles. The minimum atomic E-state index is -0.714. The highest BCUT2D eigenvalue weighted by Gasteiger charge is 2.16. The molecule has 2 aromatic carbocycles. The molecule has 1 atom stereocenters. The summed E-state index contributed by atoms with van der Waals surface area (Å²) in [6.07, 6.45) is 0. The molecule has 26 heavy (non-hydrogen) atoms. The predicted molar refractivity (Wildman–Crippen MR) is 93.9 cm³/mol. The van der Waals surface area contributed by atoms with E-state index in [-0.39, 0.29) is 12.1 Å². The van der Waals surface area contributed by atoms with Crippen molar-refractivity contribution in [2.45, 2.75) is 19.5 Å². The highest BCUT2D eigenvalue weighted by molar-refractivity contribution is 9.10. The molecular weight excluding hydrogens is 408 g/mol. The van der Waals surface area contributed by atoms with E-state index in [0.29, 0.717) is 5.82 Å². The van der Waals surface area contributed by atoms with Crippen molar-refractivity contribution in [3.8, 4) is 11.4 Å². The number of carbonyl (C=O) groups is 1. The molecule has 3 aromatic rings. The molecule has 134 valence electrons. The number of hydrogen-bond donors (Lipinski definition) is 1. The van der Waals surface area contributed by atoms with E-state index < -0.39 is 23.6 Å². The molecule has 3 rings (SSSR count). The molecule has 0 saturated carbocycles. The lowest BCUT2D eigenvalue weighted by atomic mass is 10.1. The van der Waals surface area contributed by atoms with Crippen molar-refractivity contribution >= 4 is 21.8 Å². The summed E-state index contributed by atoms with van der Waals surface area (Å²) in [6.45, 7) is 1.44. The van der Waals surface area contributed by atoms with Crippen LogP contribution in [0.4, 0.5) is 8.78 Å². The van der Waals surface area contributed by atoms with Crippen LogP contribution in [0, 0.1) is 11.6 Å². The summed E-state index contributed by atoms with van der Waals surface area (Å²) >= 11 is 3.34. The van der Waals surface area contributed by atoms with Gasteiger partial charge in [-0.2, -0.15) is 4.80 Å². The van der Waals surface area contributed by atoms with Gasteiger partial charge in [-0.15, -0.1) is 10.2 Å². The predicted octanol–water partition coefficient (Wildman–Crippen LogP) is 3.26. The molecule has 0 aliphatic heterocycles.